The second-order valence-corrected chi connectivity index (χ2v) is 15.3. The Hall–Kier alpha value is -7.88. The lowest BCUT2D eigenvalue weighted by molar-refractivity contribution is 0.669. The zero-order valence-electron chi connectivity index (χ0n) is 32.0. The molecule has 3 nitrogen and oxygen atoms in total. The lowest BCUT2D eigenvalue weighted by Crippen LogP contribution is -2.11. The minimum absolute atomic E-state index is 0.873. The van der Waals surface area contributed by atoms with Crippen LogP contribution >= 0.6 is 0 Å². The molecule has 0 amide bonds. The maximum atomic E-state index is 6.57. The molecule has 0 spiro atoms. The average molecular weight is 754 g/mol. The molecule has 0 aliphatic carbocycles. The molecule has 0 aliphatic rings. The second-order valence-electron chi connectivity index (χ2n) is 15.3. The van der Waals surface area contributed by atoms with E-state index in [4.69, 9.17) is 8.83 Å². The smallest absolute Gasteiger partial charge is 0.136 e. The maximum absolute atomic E-state index is 6.57. The summed E-state index contributed by atoms with van der Waals surface area (Å²) in [6.07, 6.45) is 0. The highest BCUT2D eigenvalue weighted by Gasteiger charge is 2.21. The Morgan fingerprint density at radius 3 is 1.76 bits per heavy atom. The molecule has 0 aliphatic heterocycles. The van der Waals surface area contributed by atoms with E-state index in [1.165, 1.54) is 27.1 Å². The molecule has 0 saturated heterocycles. The van der Waals surface area contributed by atoms with Crippen molar-refractivity contribution in [2.45, 2.75) is 0 Å². The number of benzene rings is 10. The van der Waals surface area contributed by atoms with Crippen molar-refractivity contribution in [3.63, 3.8) is 0 Å². The topological polar surface area (TPSA) is 29.5 Å². The Kier molecular flexibility index (Phi) is 7.54. The van der Waals surface area contributed by atoms with Gasteiger partial charge in [0.1, 0.15) is 22.3 Å². The fourth-order valence-electron chi connectivity index (χ4n) is 8.96. The molecule has 2 heterocycles. The molecule has 2 aromatic heterocycles. The van der Waals surface area contributed by atoms with Crippen LogP contribution in [0.3, 0.4) is 0 Å². The van der Waals surface area contributed by atoms with Crippen LogP contribution in [0, 0.1) is 0 Å². The maximum Gasteiger partial charge on any atom is 0.136 e. The van der Waals surface area contributed by atoms with Crippen molar-refractivity contribution < 1.29 is 8.83 Å². The summed E-state index contributed by atoms with van der Waals surface area (Å²) in [5.74, 6) is 0. The summed E-state index contributed by atoms with van der Waals surface area (Å²) in [6, 6.07) is 75.9. The molecule has 0 saturated carbocycles. The van der Waals surface area contributed by atoms with Gasteiger partial charge in [0.25, 0.3) is 0 Å². The zero-order valence-corrected chi connectivity index (χ0v) is 32.0. The number of furan rings is 2. The van der Waals surface area contributed by atoms with Crippen molar-refractivity contribution in [3.05, 3.63) is 212 Å². The summed E-state index contributed by atoms with van der Waals surface area (Å²) >= 11 is 0. The Bertz CT molecular complexity index is 3570. The molecule has 276 valence electrons. The SMILES string of the molecule is c1cc(-c2ccc3ccccc3c2)cc(N(c2ccc(-c3ccc4c(c3)oc3ccccc34)cc2)c2ccccc2-c2cccc3oc4cc5ccccc5cc4c23)c1. The number of nitrogens with zero attached hydrogens (tertiary/aromatic N) is 1. The molecule has 12 aromatic rings. The van der Waals surface area contributed by atoms with Gasteiger partial charge in [0.05, 0.1) is 5.69 Å². The third kappa shape index (κ3) is 5.59. The highest BCUT2D eigenvalue weighted by Crippen LogP contribution is 2.46. The van der Waals surface area contributed by atoms with Crippen molar-refractivity contribution >= 4 is 82.5 Å². The van der Waals surface area contributed by atoms with Gasteiger partial charge >= 0.3 is 0 Å². The first-order chi connectivity index (χ1) is 29.2. The molecular weight excluding hydrogens is 719 g/mol. The second kappa shape index (κ2) is 13.4. The summed E-state index contributed by atoms with van der Waals surface area (Å²) in [5, 5.41) is 9.30. The standard InChI is InChI=1S/C56H35NO2/c1-2-12-38-31-42(24-23-36(38)11-1)39-15-9-16-45(32-39)57(44-28-25-37(26-29-44)43-27-30-48-47-18-6-8-21-52(47)58-54(48)35-43)51-20-7-5-17-46(51)49-19-10-22-53-56(49)50-33-40-13-3-4-14-41(40)34-55(50)59-53/h1-35H. The monoisotopic (exact) mass is 753 g/mol. The largest absolute Gasteiger partial charge is 0.456 e. The van der Waals surface area contributed by atoms with Crippen LogP contribution < -0.4 is 4.90 Å². The molecular formula is C56H35NO2. The predicted octanol–water partition coefficient (Wildman–Crippen LogP) is 16.3. The quantitative estimate of drug-likeness (QED) is 0.169. The van der Waals surface area contributed by atoms with Gasteiger partial charge in [-0.05, 0) is 122 Å². The van der Waals surface area contributed by atoms with Crippen molar-refractivity contribution in [2.75, 3.05) is 4.90 Å². The molecule has 10 aromatic carbocycles. The van der Waals surface area contributed by atoms with Gasteiger partial charge in [0, 0.05) is 38.5 Å². The van der Waals surface area contributed by atoms with Gasteiger partial charge in [-0.15, -0.1) is 0 Å². The molecule has 0 radical (unpaired) electrons. The van der Waals surface area contributed by atoms with Gasteiger partial charge in [-0.2, -0.15) is 0 Å². The molecule has 0 unspecified atom stereocenters. The van der Waals surface area contributed by atoms with Gasteiger partial charge in [0.2, 0.25) is 0 Å². The van der Waals surface area contributed by atoms with Crippen LogP contribution in [0.25, 0.3) is 98.8 Å². The van der Waals surface area contributed by atoms with Crippen LogP contribution in [0.15, 0.2) is 221 Å². The molecule has 59 heavy (non-hydrogen) atoms. The summed E-state index contributed by atoms with van der Waals surface area (Å²) in [5.41, 5.74) is 13.6. The number of rotatable bonds is 6. The van der Waals surface area contributed by atoms with E-state index in [0.717, 1.165) is 88.8 Å². The van der Waals surface area contributed by atoms with E-state index in [9.17, 15) is 0 Å². The first-order valence-corrected chi connectivity index (χ1v) is 20.1. The Morgan fingerprint density at radius 2 is 0.881 bits per heavy atom. The number of para-hydroxylation sites is 2. The van der Waals surface area contributed by atoms with Gasteiger partial charge < -0.3 is 13.7 Å². The molecule has 12 rings (SSSR count). The van der Waals surface area contributed by atoms with Crippen molar-refractivity contribution in [3.8, 4) is 33.4 Å². The van der Waals surface area contributed by atoms with Crippen molar-refractivity contribution in [2.24, 2.45) is 0 Å². The van der Waals surface area contributed by atoms with E-state index >= 15 is 0 Å². The lowest BCUT2D eigenvalue weighted by Gasteiger charge is -2.28. The number of hydrogen-bond acceptors (Lipinski definition) is 3. The van der Waals surface area contributed by atoms with Gasteiger partial charge in [0.15, 0.2) is 0 Å². The summed E-state index contributed by atoms with van der Waals surface area (Å²) in [6.45, 7) is 0. The summed E-state index contributed by atoms with van der Waals surface area (Å²) < 4.78 is 12.8. The normalized spacial score (nSPS) is 11.7. The third-order valence-electron chi connectivity index (χ3n) is 11.8. The molecule has 0 bridgehead atoms. The summed E-state index contributed by atoms with van der Waals surface area (Å²) in [7, 11) is 0. The molecule has 0 N–H and O–H groups in total. The van der Waals surface area contributed by atoms with Crippen LogP contribution in [0.5, 0.6) is 0 Å². The Morgan fingerprint density at radius 1 is 0.288 bits per heavy atom. The van der Waals surface area contributed by atoms with Gasteiger partial charge in [-0.1, -0.05) is 140 Å². The van der Waals surface area contributed by atoms with E-state index in [1.54, 1.807) is 0 Å². The van der Waals surface area contributed by atoms with Gasteiger partial charge in [-0.3, -0.25) is 0 Å². The number of hydrogen-bond donors (Lipinski definition) is 0. The average Bonchev–Trinajstić information content (AvgIpc) is 3.86. The fraction of sp³-hybridized carbons (Fsp3) is 0. The predicted molar refractivity (Wildman–Crippen MR) is 247 cm³/mol. The highest BCUT2D eigenvalue weighted by atomic mass is 16.3. The number of fused-ring (bicyclic) bond motifs is 8. The number of anilines is 3. The minimum atomic E-state index is 0.873. The first-order valence-electron chi connectivity index (χ1n) is 20.1. The third-order valence-corrected chi connectivity index (χ3v) is 11.8. The van der Waals surface area contributed by atoms with E-state index in [1.807, 2.05) is 12.1 Å². The molecule has 0 atom stereocenters. The minimum Gasteiger partial charge on any atom is -0.456 e. The van der Waals surface area contributed by atoms with Crippen LogP contribution in [0.1, 0.15) is 0 Å². The van der Waals surface area contributed by atoms with Crippen LogP contribution in [-0.2, 0) is 0 Å². The van der Waals surface area contributed by atoms with Crippen LogP contribution in [0.2, 0.25) is 0 Å². The van der Waals surface area contributed by atoms with Gasteiger partial charge in [-0.25, -0.2) is 0 Å². The highest BCUT2D eigenvalue weighted by molar-refractivity contribution is 6.16. The van der Waals surface area contributed by atoms with E-state index in [-0.39, 0.29) is 0 Å². The summed E-state index contributed by atoms with van der Waals surface area (Å²) in [4.78, 5) is 2.39. The Balaban J connectivity index is 1.03. The van der Waals surface area contributed by atoms with E-state index in [2.05, 4.69) is 205 Å². The zero-order chi connectivity index (χ0) is 38.9. The fourth-order valence-corrected chi connectivity index (χ4v) is 8.96. The Labute approximate surface area is 340 Å². The molecule has 3 heteroatoms. The molecule has 0 fully saturated rings. The first kappa shape index (κ1) is 33.3. The van der Waals surface area contributed by atoms with Crippen LogP contribution in [0.4, 0.5) is 17.1 Å². The van der Waals surface area contributed by atoms with E-state index in [0.29, 0.717) is 0 Å². The van der Waals surface area contributed by atoms with Crippen molar-refractivity contribution in [1.29, 1.82) is 0 Å². The van der Waals surface area contributed by atoms with E-state index < -0.39 is 0 Å². The van der Waals surface area contributed by atoms with Crippen molar-refractivity contribution in [1.82, 2.24) is 0 Å². The van der Waals surface area contributed by atoms with Crippen LogP contribution in [-0.4, -0.2) is 0 Å². The lowest BCUT2D eigenvalue weighted by atomic mass is 9.95.